The maximum atomic E-state index is 10.6. The maximum absolute atomic E-state index is 10.6. The van der Waals surface area contributed by atoms with Crippen LogP contribution in [0.15, 0.2) is 29.2 Å². The van der Waals surface area contributed by atoms with Crippen LogP contribution in [0.5, 0.6) is 0 Å². The first-order valence-corrected chi connectivity index (χ1v) is 5.60. The number of hydrogen-bond acceptors (Lipinski definition) is 2. The number of carboxylic acid groups (broad SMARTS) is 1. The Morgan fingerprint density at radius 3 is 3.07 bits per heavy atom. The van der Waals surface area contributed by atoms with Crippen LogP contribution >= 0.6 is 11.8 Å². The predicted molar refractivity (Wildman–Crippen MR) is 56.7 cm³/mol. The second-order valence-electron chi connectivity index (χ2n) is 3.48. The van der Waals surface area contributed by atoms with E-state index >= 15 is 0 Å². The fourth-order valence-electron chi connectivity index (χ4n) is 1.72. The van der Waals surface area contributed by atoms with E-state index in [1.807, 2.05) is 12.1 Å². The van der Waals surface area contributed by atoms with Crippen molar-refractivity contribution in [3.05, 3.63) is 29.8 Å². The van der Waals surface area contributed by atoms with Crippen LogP contribution in [0.1, 0.15) is 18.4 Å². The monoisotopic (exact) mass is 208 g/mol. The molecular formula is C11H12O2S. The summed E-state index contributed by atoms with van der Waals surface area (Å²) in [5, 5.41) is 8.95. The highest BCUT2D eigenvalue weighted by atomic mass is 32.2. The minimum atomic E-state index is -0.693. The zero-order chi connectivity index (χ0) is 9.97. The second kappa shape index (κ2) is 4.05. The molecule has 1 N–H and O–H groups in total. The molecule has 0 spiro atoms. The van der Waals surface area contributed by atoms with Crippen molar-refractivity contribution in [2.75, 3.05) is 0 Å². The Balaban J connectivity index is 2.09. The highest BCUT2D eigenvalue weighted by Crippen LogP contribution is 2.36. The summed E-state index contributed by atoms with van der Waals surface area (Å²) < 4.78 is 0. The standard InChI is InChI=1S/C11H12O2S/c12-11(13)7-9-6-5-8-3-1-2-4-10(8)14-9/h1-4,9H,5-7H2,(H,12,13). The summed E-state index contributed by atoms with van der Waals surface area (Å²) in [6.07, 6.45) is 2.27. The molecule has 1 unspecified atom stereocenters. The molecule has 1 aromatic carbocycles. The number of aliphatic carboxylic acids is 1. The lowest BCUT2D eigenvalue weighted by Gasteiger charge is -2.22. The average Bonchev–Trinajstić information content (AvgIpc) is 2.17. The minimum absolute atomic E-state index is 0.252. The van der Waals surface area contributed by atoms with Crippen molar-refractivity contribution >= 4 is 17.7 Å². The fourth-order valence-corrected chi connectivity index (χ4v) is 3.02. The van der Waals surface area contributed by atoms with Crippen molar-refractivity contribution in [2.45, 2.75) is 29.4 Å². The van der Waals surface area contributed by atoms with Crippen LogP contribution in [0.3, 0.4) is 0 Å². The predicted octanol–water partition coefficient (Wildman–Crippen LogP) is 2.57. The quantitative estimate of drug-likeness (QED) is 0.811. The Morgan fingerprint density at radius 2 is 2.29 bits per heavy atom. The van der Waals surface area contributed by atoms with Gasteiger partial charge in [0.25, 0.3) is 0 Å². The van der Waals surface area contributed by atoms with Gasteiger partial charge in [-0.25, -0.2) is 0 Å². The molecule has 1 aliphatic rings. The van der Waals surface area contributed by atoms with Gasteiger partial charge in [0.05, 0.1) is 6.42 Å². The Bertz CT molecular complexity index is 349. The highest BCUT2D eigenvalue weighted by molar-refractivity contribution is 8.00. The smallest absolute Gasteiger partial charge is 0.304 e. The molecule has 0 fully saturated rings. The Morgan fingerprint density at radius 1 is 1.50 bits per heavy atom. The van der Waals surface area contributed by atoms with Crippen molar-refractivity contribution in [3.63, 3.8) is 0 Å². The number of rotatable bonds is 2. The van der Waals surface area contributed by atoms with Gasteiger partial charge >= 0.3 is 5.97 Å². The van der Waals surface area contributed by atoms with E-state index in [4.69, 9.17) is 5.11 Å². The Kier molecular flexibility index (Phi) is 2.77. The van der Waals surface area contributed by atoms with Crippen molar-refractivity contribution in [1.29, 1.82) is 0 Å². The van der Waals surface area contributed by atoms with E-state index < -0.39 is 5.97 Å². The van der Waals surface area contributed by atoms with Crippen LogP contribution in [0.2, 0.25) is 0 Å². The van der Waals surface area contributed by atoms with Crippen LogP contribution < -0.4 is 0 Å². The van der Waals surface area contributed by atoms with Gasteiger partial charge in [-0.1, -0.05) is 18.2 Å². The van der Waals surface area contributed by atoms with Crippen molar-refractivity contribution < 1.29 is 9.90 Å². The summed E-state index contributed by atoms with van der Waals surface area (Å²) in [5.74, 6) is -0.693. The summed E-state index contributed by atoms with van der Waals surface area (Å²) in [6, 6.07) is 8.25. The van der Waals surface area contributed by atoms with Crippen molar-refractivity contribution in [3.8, 4) is 0 Å². The minimum Gasteiger partial charge on any atom is -0.481 e. The van der Waals surface area contributed by atoms with Gasteiger partial charge in [0.2, 0.25) is 0 Å². The Hall–Kier alpha value is -0.960. The van der Waals surface area contributed by atoms with E-state index in [0.29, 0.717) is 0 Å². The molecule has 1 aliphatic heterocycles. The van der Waals surface area contributed by atoms with Crippen molar-refractivity contribution in [2.24, 2.45) is 0 Å². The van der Waals surface area contributed by atoms with Gasteiger partial charge in [-0.3, -0.25) is 4.79 Å². The zero-order valence-corrected chi connectivity index (χ0v) is 8.59. The summed E-state index contributed by atoms with van der Waals surface area (Å²) in [7, 11) is 0. The number of hydrogen-bond donors (Lipinski definition) is 1. The molecule has 2 nitrogen and oxygen atoms in total. The lowest BCUT2D eigenvalue weighted by atomic mass is 10.1. The number of benzene rings is 1. The fraction of sp³-hybridized carbons (Fsp3) is 0.364. The summed E-state index contributed by atoms with van der Waals surface area (Å²) in [6.45, 7) is 0. The molecule has 74 valence electrons. The molecule has 1 atom stereocenters. The third-order valence-electron chi connectivity index (χ3n) is 2.40. The molecule has 3 heteroatoms. The molecule has 0 saturated carbocycles. The summed E-state index contributed by atoms with van der Waals surface area (Å²) >= 11 is 1.70. The molecular weight excluding hydrogens is 196 g/mol. The maximum Gasteiger partial charge on any atom is 0.304 e. The average molecular weight is 208 g/mol. The normalized spacial score (nSPS) is 20.1. The third kappa shape index (κ3) is 2.10. The van der Waals surface area contributed by atoms with Crippen LogP contribution in [0, 0.1) is 0 Å². The zero-order valence-electron chi connectivity index (χ0n) is 7.77. The van der Waals surface area contributed by atoms with Crippen LogP contribution in [0.25, 0.3) is 0 Å². The van der Waals surface area contributed by atoms with Crippen LogP contribution in [-0.2, 0) is 11.2 Å². The lowest BCUT2D eigenvalue weighted by Crippen LogP contribution is -2.14. The molecule has 1 aromatic rings. The lowest BCUT2D eigenvalue weighted by molar-refractivity contribution is -0.137. The molecule has 0 aromatic heterocycles. The second-order valence-corrected chi connectivity index (χ2v) is 4.83. The van der Waals surface area contributed by atoms with E-state index in [9.17, 15) is 4.79 Å². The number of carboxylic acids is 1. The van der Waals surface area contributed by atoms with Gasteiger partial charge in [-0.05, 0) is 24.5 Å². The molecule has 14 heavy (non-hydrogen) atoms. The Labute approximate surface area is 87.3 Å². The molecule has 1 heterocycles. The number of aryl methyl sites for hydroxylation is 1. The van der Waals surface area contributed by atoms with Crippen molar-refractivity contribution in [1.82, 2.24) is 0 Å². The van der Waals surface area contributed by atoms with Gasteiger partial charge in [0.1, 0.15) is 0 Å². The number of carbonyl (C=O) groups is 1. The number of thioether (sulfide) groups is 1. The van der Waals surface area contributed by atoms with E-state index in [0.717, 1.165) is 12.8 Å². The number of fused-ring (bicyclic) bond motifs is 1. The topological polar surface area (TPSA) is 37.3 Å². The van der Waals surface area contributed by atoms with E-state index in [2.05, 4.69) is 12.1 Å². The van der Waals surface area contributed by atoms with Crippen LogP contribution in [-0.4, -0.2) is 16.3 Å². The molecule has 0 amide bonds. The van der Waals surface area contributed by atoms with Gasteiger partial charge in [0.15, 0.2) is 0 Å². The molecule has 0 saturated heterocycles. The molecule has 0 radical (unpaired) electrons. The van der Waals surface area contributed by atoms with E-state index in [1.165, 1.54) is 10.5 Å². The van der Waals surface area contributed by atoms with Gasteiger partial charge in [-0.15, -0.1) is 11.8 Å². The SMILES string of the molecule is O=C(O)CC1CCc2ccccc2S1. The first-order valence-electron chi connectivity index (χ1n) is 4.72. The van der Waals surface area contributed by atoms with E-state index in [1.54, 1.807) is 11.8 Å². The molecule has 0 bridgehead atoms. The van der Waals surface area contributed by atoms with Gasteiger partial charge in [-0.2, -0.15) is 0 Å². The van der Waals surface area contributed by atoms with E-state index in [-0.39, 0.29) is 11.7 Å². The summed E-state index contributed by atoms with van der Waals surface area (Å²) in [4.78, 5) is 11.8. The highest BCUT2D eigenvalue weighted by Gasteiger charge is 2.20. The molecule has 0 aliphatic carbocycles. The van der Waals surface area contributed by atoms with Crippen LogP contribution in [0.4, 0.5) is 0 Å². The molecule has 2 rings (SSSR count). The third-order valence-corrected chi connectivity index (χ3v) is 3.79. The summed E-state index contributed by atoms with van der Waals surface area (Å²) in [5.41, 5.74) is 1.36. The first kappa shape index (κ1) is 9.59. The first-order chi connectivity index (χ1) is 6.75. The van der Waals surface area contributed by atoms with Gasteiger partial charge in [0, 0.05) is 10.1 Å². The largest absolute Gasteiger partial charge is 0.481 e. The van der Waals surface area contributed by atoms with Gasteiger partial charge < -0.3 is 5.11 Å².